The molecule has 0 fully saturated rings. The molecule has 0 spiro atoms. The van der Waals surface area contributed by atoms with Crippen molar-refractivity contribution in [2.75, 3.05) is 7.05 Å². The van der Waals surface area contributed by atoms with Crippen molar-refractivity contribution in [1.29, 1.82) is 0 Å². The number of halogens is 1. The van der Waals surface area contributed by atoms with E-state index in [0.29, 0.717) is 5.92 Å². The van der Waals surface area contributed by atoms with Crippen molar-refractivity contribution in [2.24, 2.45) is 5.92 Å². The molecule has 0 aromatic heterocycles. The SMILES string of the molecule is CNC(=O)C(CC(C)C)NC1CCc2c(Br)cccc21. The van der Waals surface area contributed by atoms with Gasteiger partial charge < -0.3 is 5.32 Å². The fourth-order valence-electron chi connectivity index (χ4n) is 2.92. The lowest BCUT2D eigenvalue weighted by atomic mass is 10.0. The van der Waals surface area contributed by atoms with Crippen molar-refractivity contribution in [3.05, 3.63) is 33.8 Å². The van der Waals surface area contributed by atoms with Crippen molar-refractivity contribution in [3.63, 3.8) is 0 Å². The van der Waals surface area contributed by atoms with Crippen molar-refractivity contribution >= 4 is 21.8 Å². The van der Waals surface area contributed by atoms with Gasteiger partial charge in [0.2, 0.25) is 5.91 Å². The molecular weight excluding hydrogens is 316 g/mol. The van der Waals surface area contributed by atoms with Crippen LogP contribution in [0.1, 0.15) is 43.9 Å². The van der Waals surface area contributed by atoms with Crippen LogP contribution in [-0.2, 0) is 11.2 Å². The summed E-state index contributed by atoms with van der Waals surface area (Å²) >= 11 is 3.62. The van der Waals surface area contributed by atoms with Crippen molar-refractivity contribution in [2.45, 2.75) is 45.2 Å². The number of benzene rings is 1. The number of carbonyl (C=O) groups excluding carboxylic acids is 1. The second-order valence-electron chi connectivity index (χ2n) is 5.86. The molecule has 0 heterocycles. The van der Waals surface area contributed by atoms with Crippen LogP contribution in [0.2, 0.25) is 0 Å². The largest absolute Gasteiger partial charge is 0.358 e. The highest BCUT2D eigenvalue weighted by atomic mass is 79.9. The number of hydrogen-bond acceptors (Lipinski definition) is 2. The third kappa shape index (κ3) is 3.41. The first kappa shape index (κ1) is 15.5. The maximum Gasteiger partial charge on any atom is 0.236 e. The second kappa shape index (κ2) is 6.72. The fraction of sp³-hybridized carbons (Fsp3) is 0.562. The van der Waals surface area contributed by atoms with E-state index in [-0.39, 0.29) is 18.0 Å². The minimum Gasteiger partial charge on any atom is -0.358 e. The number of carbonyl (C=O) groups is 1. The summed E-state index contributed by atoms with van der Waals surface area (Å²) in [5.41, 5.74) is 2.71. The smallest absolute Gasteiger partial charge is 0.236 e. The Hall–Kier alpha value is -0.870. The van der Waals surface area contributed by atoms with Gasteiger partial charge in [0, 0.05) is 17.6 Å². The summed E-state index contributed by atoms with van der Waals surface area (Å²) in [6, 6.07) is 6.49. The molecule has 0 radical (unpaired) electrons. The molecule has 20 heavy (non-hydrogen) atoms. The summed E-state index contributed by atoms with van der Waals surface area (Å²) in [7, 11) is 1.70. The highest BCUT2D eigenvalue weighted by molar-refractivity contribution is 9.10. The third-order valence-electron chi connectivity index (χ3n) is 3.89. The monoisotopic (exact) mass is 338 g/mol. The molecule has 0 aliphatic heterocycles. The summed E-state index contributed by atoms with van der Waals surface area (Å²) in [5, 5.41) is 6.32. The van der Waals surface area contributed by atoms with Crippen LogP contribution in [0.15, 0.2) is 22.7 Å². The van der Waals surface area contributed by atoms with Gasteiger partial charge in [-0.3, -0.25) is 10.1 Å². The molecule has 0 saturated carbocycles. The van der Waals surface area contributed by atoms with E-state index in [4.69, 9.17) is 0 Å². The molecule has 2 atom stereocenters. The highest BCUT2D eigenvalue weighted by Gasteiger charge is 2.28. The van der Waals surface area contributed by atoms with Gasteiger partial charge in [-0.1, -0.05) is 41.9 Å². The van der Waals surface area contributed by atoms with Gasteiger partial charge in [-0.15, -0.1) is 0 Å². The summed E-state index contributed by atoms with van der Waals surface area (Å²) in [6.45, 7) is 4.30. The van der Waals surface area contributed by atoms with Crippen LogP contribution in [0.5, 0.6) is 0 Å². The molecule has 1 aromatic rings. The highest BCUT2D eigenvalue weighted by Crippen LogP contribution is 2.36. The van der Waals surface area contributed by atoms with Crippen molar-refractivity contribution < 1.29 is 4.79 Å². The van der Waals surface area contributed by atoms with Crippen LogP contribution in [0.4, 0.5) is 0 Å². The summed E-state index contributed by atoms with van der Waals surface area (Å²) in [4.78, 5) is 12.0. The molecule has 1 amide bonds. The first-order valence-corrected chi connectivity index (χ1v) is 8.07. The van der Waals surface area contributed by atoms with Gasteiger partial charge in [0.1, 0.15) is 0 Å². The van der Waals surface area contributed by atoms with Crippen LogP contribution < -0.4 is 10.6 Å². The second-order valence-corrected chi connectivity index (χ2v) is 6.72. The lowest BCUT2D eigenvalue weighted by Crippen LogP contribution is -2.44. The van der Waals surface area contributed by atoms with Gasteiger partial charge in [0.05, 0.1) is 6.04 Å². The van der Waals surface area contributed by atoms with E-state index >= 15 is 0 Å². The zero-order valence-electron chi connectivity index (χ0n) is 12.4. The maximum absolute atomic E-state index is 12.0. The van der Waals surface area contributed by atoms with Gasteiger partial charge in [-0.25, -0.2) is 0 Å². The Morgan fingerprint density at radius 1 is 1.45 bits per heavy atom. The molecule has 2 N–H and O–H groups in total. The van der Waals surface area contributed by atoms with Crippen LogP contribution in [0.25, 0.3) is 0 Å². The van der Waals surface area contributed by atoms with E-state index in [0.717, 1.165) is 19.3 Å². The molecule has 1 aromatic carbocycles. The number of hydrogen-bond donors (Lipinski definition) is 2. The van der Waals surface area contributed by atoms with E-state index in [2.05, 4.69) is 58.6 Å². The summed E-state index contributed by atoms with van der Waals surface area (Å²) in [6.07, 6.45) is 2.99. The topological polar surface area (TPSA) is 41.1 Å². The molecule has 3 nitrogen and oxygen atoms in total. The normalized spacial score (nSPS) is 18.9. The molecule has 1 aliphatic rings. The molecule has 110 valence electrons. The van der Waals surface area contributed by atoms with E-state index < -0.39 is 0 Å². The number of likely N-dealkylation sites (N-methyl/N-ethyl adjacent to an activating group) is 1. The zero-order chi connectivity index (χ0) is 14.7. The molecular formula is C16H23BrN2O. The third-order valence-corrected chi connectivity index (χ3v) is 4.63. The predicted octanol–water partition coefficient (Wildman–Crippen LogP) is 3.19. The first-order valence-electron chi connectivity index (χ1n) is 7.27. The lowest BCUT2D eigenvalue weighted by Gasteiger charge is -2.24. The van der Waals surface area contributed by atoms with E-state index in [1.807, 2.05) is 0 Å². The fourth-order valence-corrected chi connectivity index (χ4v) is 3.50. The molecule has 2 unspecified atom stereocenters. The van der Waals surface area contributed by atoms with Gasteiger partial charge in [0.15, 0.2) is 0 Å². The molecule has 0 saturated heterocycles. The summed E-state index contributed by atoms with van der Waals surface area (Å²) in [5.74, 6) is 0.579. The number of nitrogens with one attached hydrogen (secondary N) is 2. The average Bonchev–Trinajstić information content (AvgIpc) is 2.81. The average molecular weight is 339 g/mol. The minimum absolute atomic E-state index is 0.0853. The predicted molar refractivity (Wildman–Crippen MR) is 85.6 cm³/mol. The first-order chi connectivity index (χ1) is 9.52. The van der Waals surface area contributed by atoms with Crippen LogP contribution in [0.3, 0.4) is 0 Å². The Morgan fingerprint density at radius 3 is 2.85 bits per heavy atom. The Morgan fingerprint density at radius 2 is 2.20 bits per heavy atom. The Bertz CT molecular complexity index is 487. The van der Waals surface area contributed by atoms with Crippen molar-refractivity contribution in [1.82, 2.24) is 10.6 Å². The summed E-state index contributed by atoms with van der Waals surface area (Å²) < 4.78 is 1.18. The zero-order valence-corrected chi connectivity index (χ0v) is 14.0. The van der Waals surface area contributed by atoms with E-state index in [9.17, 15) is 4.79 Å². The number of rotatable bonds is 5. The Balaban J connectivity index is 2.13. The van der Waals surface area contributed by atoms with Crippen molar-refractivity contribution in [3.8, 4) is 0 Å². The van der Waals surface area contributed by atoms with Gasteiger partial charge in [-0.2, -0.15) is 0 Å². The Labute approximate surface area is 129 Å². The van der Waals surface area contributed by atoms with Gasteiger partial charge >= 0.3 is 0 Å². The minimum atomic E-state index is -0.116. The number of fused-ring (bicyclic) bond motifs is 1. The van der Waals surface area contributed by atoms with Crippen LogP contribution in [-0.4, -0.2) is 19.0 Å². The Kier molecular flexibility index (Phi) is 5.22. The molecule has 0 bridgehead atoms. The standard InChI is InChI=1S/C16H23BrN2O/c1-10(2)9-15(16(20)18-3)19-14-8-7-11-12(14)5-4-6-13(11)17/h4-6,10,14-15,19H,7-9H2,1-3H3,(H,18,20). The quantitative estimate of drug-likeness (QED) is 0.865. The molecule has 4 heteroatoms. The van der Waals surface area contributed by atoms with Gasteiger partial charge in [-0.05, 0) is 42.4 Å². The maximum atomic E-state index is 12.0. The van der Waals surface area contributed by atoms with Gasteiger partial charge in [0.25, 0.3) is 0 Å². The van der Waals surface area contributed by atoms with E-state index in [1.54, 1.807) is 7.05 Å². The lowest BCUT2D eigenvalue weighted by molar-refractivity contribution is -0.123. The number of amides is 1. The van der Waals surface area contributed by atoms with E-state index in [1.165, 1.54) is 15.6 Å². The molecule has 2 rings (SSSR count). The van der Waals surface area contributed by atoms with Crippen LogP contribution in [0, 0.1) is 5.92 Å². The molecule has 1 aliphatic carbocycles. The van der Waals surface area contributed by atoms with Crippen LogP contribution >= 0.6 is 15.9 Å².